The first-order chi connectivity index (χ1) is 11.7. The molecule has 2 aromatic rings. The van der Waals surface area contributed by atoms with E-state index in [1.54, 1.807) is 0 Å². The van der Waals surface area contributed by atoms with Crippen LogP contribution in [-0.2, 0) is 0 Å². The molecule has 1 aliphatic heterocycles. The van der Waals surface area contributed by atoms with Crippen LogP contribution in [0.3, 0.4) is 0 Å². The minimum atomic E-state index is 0.845. The van der Waals surface area contributed by atoms with Crippen molar-refractivity contribution >= 4 is 17.3 Å². The summed E-state index contributed by atoms with van der Waals surface area (Å²) in [7, 11) is 0. The summed E-state index contributed by atoms with van der Waals surface area (Å²) >= 11 is 0. The fraction of sp³-hybridized carbons (Fsp3) is 0.500. The van der Waals surface area contributed by atoms with Crippen molar-refractivity contribution in [3.8, 4) is 0 Å². The number of hydrogen-bond donors (Lipinski definition) is 0. The molecule has 128 valence electrons. The molecule has 1 aliphatic rings. The molecule has 24 heavy (non-hydrogen) atoms. The third-order valence-corrected chi connectivity index (χ3v) is 4.65. The van der Waals surface area contributed by atoms with Crippen molar-refractivity contribution in [1.29, 1.82) is 0 Å². The van der Waals surface area contributed by atoms with E-state index in [4.69, 9.17) is 9.97 Å². The van der Waals surface area contributed by atoms with Gasteiger partial charge < -0.3 is 9.80 Å². The summed E-state index contributed by atoms with van der Waals surface area (Å²) in [5.41, 5.74) is 2.46. The van der Waals surface area contributed by atoms with E-state index in [1.165, 1.54) is 36.9 Å². The van der Waals surface area contributed by atoms with Crippen LogP contribution < -0.4 is 9.80 Å². The van der Waals surface area contributed by atoms with Crippen molar-refractivity contribution in [3.63, 3.8) is 0 Å². The number of benzene rings is 1. The summed E-state index contributed by atoms with van der Waals surface area (Å²) in [6.45, 7) is 9.39. The van der Waals surface area contributed by atoms with Crippen molar-refractivity contribution < 1.29 is 0 Å². The van der Waals surface area contributed by atoms with Gasteiger partial charge in [0.25, 0.3) is 0 Å². The Bertz CT molecular complexity index is 675. The van der Waals surface area contributed by atoms with Crippen LogP contribution in [0.4, 0.5) is 17.3 Å². The number of anilines is 3. The molecule has 3 rings (SSSR count). The highest BCUT2D eigenvalue weighted by Crippen LogP contribution is 2.27. The minimum Gasteiger partial charge on any atom is -0.356 e. The smallest absolute Gasteiger partial charge is 0.138 e. The zero-order valence-electron chi connectivity index (χ0n) is 15.1. The molecule has 2 heterocycles. The zero-order valence-corrected chi connectivity index (χ0v) is 15.1. The van der Waals surface area contributed by atoms with Crippen LogP contribution >= 0.6 is 0 Å². The molecule has 4 nitrogen and oxygen atoms in total. The summed E-state index contributed by atoms with van der Waals surface area (Å²) in [6.07, 6.45) is 5.18. The minimum absolute atomic E-state index is 0.845. The second kappa shape index (κ2) is 7.65. The highest BCUT2D eigenvalue weighted by Gasteiger charge is 2.16. The van der Waals surface area contributed by atoms with Gasteiger partial charge in [-0.05, 0) is 51.3 Å². The molecule has 1 aromatic carbocycles. The molecule has 0 amide bonds. The van der Waals surface area contributed by atoms with Gasteiger partial charge >= 0.3 is 0 Å². The topological polar surface area (TPSA) is 32.3 Å². The van der Waals surface area contributed by atoms with Gasteiger partial charge in [-0.3, -0.25) is 0 Å². The zero-order chi connectivity index (χ0) is 16.9. The van der Waals surface area contributed by atoms with Crippen molar-refractivity contribution in [1.82, 2.24) is 9.97 Å². The van der Waals surface area contributed by atoms with Crippen molar-refractivity contribution in [3.05, 3.63) is 41.7 Å². The maximum atomic E-state index is 4.72. The highest BCUT2D eigenvalue weighted by atomic mass is 15.2. The SMILES string of the molecule is CCN(c1cccc(C)c1)c1cc(N2CCCCCC2)nc(C)n1. The molecular formula is C20H28N4. The normalized spacial score (nSPS) is 15.2. The van der Waals surface area contributed by atoms with E-state index in [0.717, 1.165) is 37.1 Å². The molecule has 1 saturated heterocycles. The fourth-order valence-electron chi connectivity index (χ4n) is 3.41. The molecule has 0 spiro atoms. The maximum Gasteiger partial charge on any atom is 0.138 e. The number of rotatable bonds is 4. The van der Waals surface area contributed by atoms with E-state index in [1.807, 2.05) is 6.92 Å². The van der Waals surface area contributed by atoms with Crippen molar-refractivity contribution in [2.45, 2.75) is 46.5 Å². The van der Waals surface area contributed by atoms with E-state index < -0.39 is 0 Å². The molecule has 0 N–H and O–H groups in total. The van der Waals surface area contributed by atoms with Gasteiger partial charge in [0.05, 0.1) is 0 Å². The van der Waals surface area contributed by atoms with Gasteiger partial charge in [0.15, 0.2) is 0 Å². The van der Waals surface area contributed by atoms with Crippen LogP contribution in [0.15, 0.2) is 30.3 Å². The van der Waals surface area contributed by atoms with Crippen LogP contribution in [0.5, 0.6) is 0 Å². The van der Waals surface area contributed by atoms with Crippen LogP contribution in [0, 0.1) is 13.8 Å². The van der Waals surface area contributed by atoms with Gasteiger partial charge in [-0.2, -0.15) is 0 Å². The predicted octanol–water partition coefficient (Wildman–Crippen LogP) is 4.63. The maximum absolute atomic E-state index is 4.72. The average Bonchev–Trinajstić information content (AvgIpc) is 2.84. The lowest BCUT2D eigenvalue weighted by atomic mass is 10.2. The van der Waals surface area contributed by atoms with Crippen LogP contribution in [-0.4, -0.2) is 29.6 Å². The highest BCUT2D eigenvalue weighted by molar-refractivity contribution is 5.63. The van der Waals surface area contributed by atoms with Crippen molar-refractivity contribution in [2.24, 2.45) is 0 Å². The number of nitrogens with zero attached hydrogens (tertiary/aromatic N) is 4. The fourth-order valence-corrected chi connectivity index (χ4v) is 3.41. The lowest BCUT2D eigenvalue weighted by Gasteiger charge is -2.26. The standard InChI is InChI=1S/C20H28N4/c1-4-24(18-11-9-10-16(2)14-18)20-15-19(21-17(3)22-20)23-12-7-5-6-8-13-23/h9-11,14-15H,4-8,12-13H2,1-3H3. The summed E-state index contributed by atoms with van der Waals surface area (Å²) in [5.74, 6) is 2.92. The molecule has 0 radical (unpaired) electrons. The largest absolute Gasteiger partial charge is 0.356 e. The van der Waals surface area contributed by atoms with Crippen LogP contribution in [0.1, 0.15) is 44.0 Å². The molecule has 0 saturated carbocycles. The lowest BCUT2D eigenvalue weighted by Crippen LogP contribution is -2.26. The molecule has 0 aliphatic carbocycles. The quantitative estimate of drug-likeness (QED) is 0.820. The number of aryl methyl sites for hydroxylation is 2. The average molecular weight is 324 g/mol. The number of aromatic nitrogens is 2. The molecule has 0 bridgehead atoms. The number of hydrogen-bond acceptors (Lipinski definition) is 4. The molecule has 1 fully saturated rings. The lowest BCUT2D eigenvalue weighted by molar-refractivity contribution is 0.726. The summed E-state index contributed by atoms with van der Waals surface area (Å²) in [5, 5.41) is 0. The Morgan fingerprint density at radius 2 is 1.75 bits per heavy atom. The van der Waals surface area contributed by atoms with E-state index >= 15 is 0 Å². The van der Waals surface area contributed by atoms with Gasteiger partial charge in [0.2, 0.25) is 0 Å². The Morgan fingerprint density at radius 1 is 1.00 bits per heavy atom. The monoisotopic (exact) mass is 324 g/mol. The first-order valence-electron chi connectivity index (χ1n) is 9.12. The first kappa shape index (κ1) is 16.7. The summed E-state index contributed by atoms with van der Waals surface area (Å²) in [6, 6.07) is 10.8. The molecule has 4 heteroatoms. The van der Waals surface area contributed by atoms with Gasteiger partial charge in [0.1, 0.15) is 17.5 Å². The third kappa shape index (κ3) is 3.86. The second-order valence-electron chi connectivity index (χ2n) is 6.62. The van der Waals surface area contributed by atoms with Crippen molar-refractivity contribution in [2.75, 3.05) is 29.4 Å². The Morgan fingerprint density at radius 3 is 2.42 bits per heavy atom. The van der Waals surface area contributed by atoms with Crippen LogP contribution in [0.25, 0.3) is 0 Å². The Balaban J connectivity index is 1.94. The van der Waals surface area contributed by atoms with Gasteiger partial charge in [-0.1, -0.05) is 25.0 Å². The summed E-state index contributed by atoms with van der Waals surface area (Å²) < 4.78 is 0. The molecule has 0 atom stereocenters. The first-order valence-corrected chi connectivity index (χ1v) is 9.12. The van der Waals surface area contributed by atoms with Gasteiger partial charge in [-0.15, -0.1) is 0 Å². The molecule has 1 aromatic heterocycles. The Labute approximate surface area is 145 Å². The second-order valence-corrected chi connectivity index (χ2v) is 6.62. The summed E-state index contributed by atoms with van der Waals surface area (Å²) in [4.78, 5) is 14.1. The Hall–Kier alpha value is -2.10. The molecule has 0 unspecified atom stereocenters. The molecular weight excluding hydrogens is 296 g/mol. The third-order valence-electron chi connectivity index (χ3n) is 4.65. The van der Waals surface area contributed by atoms with E-state index in [0.29, 0.717) is 0 Å². The predicted molar refractivity (Wildman–Crippen MR) is 101 cm³/mol. The van der Waals surface area contributed by atoms with Gasteiger partial charge in [-0.25, -0.2) is 9.97 Å². The van der Waals surface area contributed by atoms with E-state index in [-0.39, 0.29) is 0 Å². The van der Waals surface area contributed by atoms with E-state index in [9.17, 15) is 0 Å². The van der Waals surface area contributed by atoms with Gasteiger partial charge in [0, 0.05) is 31.4 Å². The van der Waals surface area contributed by atoms with E-state index in [2.05, 4.69) is 54.0 Å². The Kier molecular flexibility index (Phi) is 5.34. The van der Waals surface area contributed by atoms with Crippen LogP contribution in [0.2, 0.25) is 0 Å².